The Hall–Kier alpha value is -2.60. The minimum absolute atomic E-state index is 0.632. The zero-order chi connectivity index (χ0) is 14.7. The Morgan fingerprint density at radius 1 is 1.14 bits per heavy atom. The normalized spacial score (nSPS) is 16.2. The molecule has 1 aliphatic heterocycles. The first-order valence-electron chi connectivity index (χ1n) is 7.19. The van der Waals surface area contributed by atoms with Gasteiger partial charge in [-0.1, -0.05) is 24.3 Å². The summed E-state index contributed by atoms with van der Waals surface area (Å²) in [6.07, 6.45) is 2.05. The van der Waals surface area contributed by atoms with E-state index in [-0.39, 0.29) is 0 Å². The molecule has 0 aliphatic carbocycles. The first-order chi connectivity index (χ1) is 10.3. The van der Waals surface area contributed by atoms with Crippen LogP contribution in [0.4, 0.5) is 11.4 Å². The molecule has 1 fully saturated rings. The summed E-state index contributed by atoms with van der Waals surface area (Å²) in [5.41, 5.74) is 3.70. The fourth-order valence-electron chi connectivity index (χ4n) is 2.63. The quantitative estimate of drug-likeness (QED) is 0.824. The molecular formula is C18H17N3. The zero-order valence-electron chi connectivity index (χ0n) is 12.1. The molecule has 2 aromatic rings. The van der Waals surface area contributed by atoms with Crippen molar-refractivity contribution in [2.24, 2.45) is 4.99 Å². The van der Waals surface area contributed by atoms with Crippen LogP contribution in [0.5, 0.6) is 0 Å². The van der Waals surface area contributed by atoms with Gasteiger partial charge in [-0.25, -0.2) is 4.99 Å². The van der Waals surface area contributed by atoms with Crippen molar-refractivity contribution in [3.8, 4) is 6.07 Å². The SMILES string of the molecule is Cc1ccc(C#N)c(N=C2CCCN2c2ccccc2)c1. The van der Waals surface area contributed by atoms with Crippen molar-refractivity contribution < 1.29 is 0 Å². The Bertz CT molecular complexity index is 711. The standard InChI is InChI=1S/C18H17N3/c1-14-9-10-15(13-19)17(12-14)20-18-8-5-11-21(18)16-6-3-2-4-7-16/h2-4,6-7,9-10,12H,5,8,11H2,1H3. The van der Waals surface area contributed by atoms with Crippen LogP contribution in [0.15, 0.2) is 53.5 Å². The van der Waals surface area contributed by atoms with Gasteiger partial charge in [0.25, 0.3) is 0 Å². The monoisotopic (exact) mass is 275 g/mol. The van der Waals surface area contributed by atoms with E-state index in [1.54, 1.807) is 0 Å². The van der Waals surface area contributed by atoms with Crippen molar-refractivity contribution in [3.63, 3.8) is 0 Å². The molecule has 3 heteroatoms. The van der Waals surface area contributed by atoms with Gasteiger partial charge in [0, 0.05) is 18.7 Å². The number of anilines is 1. The summed E-state index contributed by atoms with van der Waals surface area (Å²) in [4.78, 5) is 7.01. The van der Waals surface area contributed by atoms with E-state index < -0.39 is 0 Å². The summed E-state index contributed by atoms with van der Waals surface area (Å²) in [5.74, 6) is 1.04. The minimum atomic E-state index is 0.632. The number of nitrogens with zero attached hydrogens (tertiary/aromatic N) is 3. The second-order valence-corrected chi connectivity index (χ2v) is 5.25. The third-order valence-electron chi connectivity index (χ3n) is 3.68. The highest BCUT2D eigenvalue weighted by atomic mass is 15.2. The lowest BCUT2D eigenvalue weighted by Gasteiger charge is -2.19. The van der Waals surface area contributed by atoms with Gasteiger partial charge in [0.15, 0.2) is 0 Å². The largest absolute Gasteiger partial charge is 0.330 e. The third-order valence-corrected chi connectivity index (χ3v) is 3.68. The molecule has 3 rings (SSSR count). The van der Waals surface area contributed by atoms with Gasteiger partial charge in [0.2, 0.25) is 0 Å². The molecule has 0 amide bonds. The van der Waals surface area contributed by atoms with E-state index in [4.69, 9.17) is 4.99 Å². The molecule has 0 N–H and O–H groups in total. The molecular weight excluding hydrogens is 258 g/mol. The molecule has 1 aliphatic rings. The minimum Gasteiger partial charge on any atom is -0.330 e. The average Bonchev–Trinajstić information content (AvgIpc) is 2.96. The smallest absolute Gasteiger partial charge is 0.109 e. The molecule has 0 radical (unpaired) electrons. The number of hydrogen-bond acceptors (Lipinski definition) is 2. The molecule has 2 aromatic carbocycles. The summed E-state index contributed by atoms with van der Waals surface area (Å²) in [6.45, 7) is 3.00. The van der Waals surface area contributed by atoms with Crippen LogP contribution in [-0.4, -0.2) is 12.4 Å². The molecule has 21 heavy (non-hydrogen) atoms. The second kappa shape index (κ2) is 5.80. The van der Waals surface area contributed by atoms with Gasteiger partial charge in [-0.2, -0.15) is 5.26 Å². The van der Waals surface area contributed by atoms with E-state index in [1.165, 1.54) is 5.69 Å². The maximum atomic E-state index is 9.23. The predicted octanol–water partition coefficient (Wildman–Crippen LogP) is 4.20. The van der Waals surface area contributed by atoms with Crippen LogP contribution in [-0.2, 0) is 0 Å². The Balaban J connectivity index is 1.99. The van der Waals surface area contributed by atoms with Crippen LogP contribution in [0, 0.1) is 18.3 Å². The van der Waals surface area contributed by atoms with Gasteiger partial charge in [0.05, 0.1) is 11.3 Å². The van der Waals surface area contributed by atoms with Gasteiger partial charge in [0.1, 0.15) is 11.9 Å². The lowest BCUT2D eigenvalue weighted by atomic mass is 10.1. The topological polar surface area (TPSA) is 39.4 Å². The lowest BCUT2D eigenvalue weighted by molar-refractivity contribution is 0.956. The second-order valence-electron chi connectivity index (χ2n) is 5.25. The van der Waals surface area contributed by atoms with Crippen LogP contribution in [0.25, 0.3) is 0 Å². The molecule has 3 nitrogen and oxygen atoms in total. The fourth-order valence-corrected chi connectivity index (χ4v) is 2.63. The summed E-state index contributed by atoms with van der Waals surface area (Å²) >= 11 is 0. The molecule has 0 bridgehead atoms. The molecule has 0 aromatic heterocycles. The van der Waals surface area contributed by atoms with Crippen molar-refractivity contribution >= 4 is 17.2 Å². The summed E-state index contributed by atoms with van der Waals surface area (Å²) in [6, 6.07) is 18.3. The lowest BCUT2D eigenvalue weighted by Crippen LogP contribution is -2.23. The van der Waals surface area contributed by atoms with Crippen molar-refractivity contribution in [1.29, 1.82) is 5.26 Å². The van der Waals surface area contributed by atoms with E-state index in [1.807, 2.05) is 43.3 Å². The number of aliphatic imine (C=N–C) groups is 1. The first kappa shape index (κ1) is 13.4. The summed E-state index contributed by atoms with van der Waals surface area (Å²) in [7, 11) is 0. The van der Waals surface area contributed by atoms with Gasteiger partial charge < -0.3 is 4.90 Å². The van der Waals surface area contributed by atoms with Crippen molar-refractivity contribution in [2.75, 3.05) is 11.4 Å². The Morgan fingerprint density at radius 3 is 2.71 bits per heavy atom. The maximum Gasteiger partial charge on any atom is 0.109 e. The number of para-hydroxylation sites is 1. The summed E-state index contributed by atoms with van der Waals surface area (Å²) in [5, 5.41) is 9.23. The van der Waals surface area contributed by atoms with Crippen molar-refractivity contribution in [1.82, 2.24) is 0 Å². The molecule has 1 heterocycles. The maximum absolute atomic E-state index is 9.23. The van der Waals surface area contributed by atoms with Gasteiger partial charge in [-0.3, -0.25) is 0 Å². The average molecular weight is 275 g/mol. The van der Waals surface area contributed by atoms with Crippen LogP contribution < -0.4 is 4.90 Å². The molecule has 104 valence electrons. The number of rotatable bonds is 2. The van der Waals surface area contributed by atoms with E-state index in [0.717, 1.165) is 36.5 Å². The fraction of sp³-hybridized carbons (Fsp3) is 0.222. The number of hydrogen-bond donors (Lipinski definition) is 0. The Kier molecular flexibility index (Phi) is 3.70. The van der Waals surface area contributed by atoms with Gasteiger partial charge in [-0.15, -0.1) is 0 Å². The number of benzene rings is 2. The third kappa shape index (κ3) is 2.80. The number of amidine groups is 1. The highest BCUT2D eigenvalue weighted by Gasteiger charge is 2.20. The van der Waals surface area contributed by atoms with E-state index in [0.29, 0.717) is 5.56 Å². The van der Waals surface area contributed by atoms with Crippen LogP contribution >= 0.6 is 0 Å². The Labute approximate surface area is 125 Å². The molecule has 0 spiro atoms. The first-order valence-corrected chi connectivity index (χ1v) is 7.19. The van der Waals surface area contributed by atoms with Gasteiger partial charge >= 0.3 is 0 Å². The van der Waals surface area contributed by atoms with Crippen molar-refractivity contribution in [2.45, 2.75) is 19.8 Å². The molecule has 0 saturated carbocycles. The van der Waals surface area contributed by atoms with Crippen molar-refractivity contribution in [3.05, 3.63) is 59.7 Å². The van der Waals surface area contributed by atoms with Crippen LogP contribution in [0.3, 0.4) is 0 Å². The highest BCUT2D eigenvalue weighted by molar-refractivity contribution is 6.01. The number of nitriles is 1. The van der Waals surface area contributed by atoms with E-state index in [9.17, 15) is 5.26 Å². The molecule has 0 unspecified atom stereocenters. The highest BCUT2D eigenvalue weighted by Crippen LogP contribution is 2.26. The van der Waals surface area contributed by atoms with Gasteiger partial charge in [-0.05, 0) is 43.2 Å². The van der Waals surface area contributed by atoms with Crippen LogP contribution in [0.1, 0.15) is 24.0 Å². The number of aryl methyl sites for hydroxylation is 1. The van der Waals surface area contributed by atoms with Crippen LogP contribution in [0.2, 0.25) is 0 Å². The molecule has 1 saturated heterocycles. The zero-order valence-corrected chi connectivity index (χ0v) is 12.1. The van der Waals surface area contributed by atoms with E-state index >= 15 is 0 Å². The predicted molar refractivity (Wildman–Crippen MR) is 86.0 cm³/mol. The van der Waals surface area contributed by atoms with E-state index in [2.05, 4.69) is 23.1 Å². The summed E-state index contributed by atoms with van der Waals surface area (Å²) < 4.78 is 0. The Morgan fingerprint density at radius 2 is 1.95 bits per heavy atom. The molecule has 0 atom stereocenters.